The van der Waals surface area contributed by atoms with E-state index in [0.717, 1.165) is 0 Å². The summed E-state index contributed by atoms with van der Waals surface area (Å²) < 4.78 is 1.46. The SMILES string of the molecule is O=C(Cn1cnc(Cl)c(I)c1=O)Nc1ccccc1Cl. The molecule has 0 unspecified atom stereocenters. The van der Waals surface area contributed by atoms with Crippen molar-refractivity contribution in [3.05, 3.63) is 54.7 Å². The Morgan fingerprint density at radius 3 is 2.75 bits per heavy atom. The lowest BCUT2D eigenvalue weighted by Gasteiger charge is -2.08. The number of para-hydroxylation sites is 1. The van der Waals surface area contributed by atoms with Crippen molar-refractivity contribution in [3.63, 3.8) is 0 Å². The van der Waals surface area contributed by atoms with Crippen molar-refractivity contribution < 1.29 is 4.79 Å². The van der Waals surface area contributed by atoms with Crippen LogP contribution >= 0.6 is 45.8 Å². The summed E-state index contributed by atoms with van der Waals surface area (Å²) in [7, 11) is 0. The van der Waals surface area contributed by atoms with E-state index in [0.29, 0.717) is 10.7 Å². The molecule has 5 nitrogen and oxygen atoms in total. The molecule has 0 aliphatic carbocycles. The van der Waals surface area contributed by atoms with Crippen LogP contribution < -0.4 is 10.9 Å². The number of benzene rings is 1. The molecule has 104 valence electrons. The number of carbonyl (C=O) groups is 1. The lowest BCUT2D eigenvalue weighted by Crippen LogP contribution is -2.29. The van der Waals surface area contributed by atoms with Gasteiger partial charge in [-0.3, -0.25) is 14.2 Å². The lowest BCUT2D eigenvalue weighted by molar-refractivity contribution is -0.116. The molecule has 1 aromatic carbocycles. The van der Waals surface area contributed by atoms with Crippen LogP contribution in [0.25, 0.3) is 0 Å². The van der Waals surface area contributed by atoms with Crippen LogP contribution in [-0.4, -0.2) is 15.5 Å². The van der Waals surface area contributed by atoms with Crippen LogP contribution in [-0.2, 0) is 11.3 Å². The van der Waals surface area contributed by atoms with Crippen molar-refractivity contribution in [1.29, 1.82) is 0 Å². The summed E-state index contributed by atoms with van der Waals surface area (Å²) in [6.45, 7) is -0.162. The molecule has 1 amide bonds. The number of hydrogen-bond acceptors (Lipinski definition) is 3. The summed E-state index contributed by atoms with van der Waals surface area (Å²) in [6.07, 6.45) is 1.24. The highest BCUT2D eigenvalue weighted by molar-refractivity contribution is 14.1. The Balaban J connectivity index is 2.15. The first-order chi connectivity index (χ1) is 9.49. The van der Waals surface area contributed by atoms with Gasteiger partial charge in [0.25, 0.3) is 5.56 Å². The number of hydrogen-bond donors (Lipinski definition) is 1. The zero-order chi connectivity index (χ0) is 14.7. The predicted molar refractivity (Wildman–Crippen MR) is 86.3 cm³/mol. The monoisotopic (exact) mass is 423 g/mol. The normalized spacial score (nSPS) is 10.3. The number of nitrogens with one attached hydrogen (secondary N) is 1. The summed E-state index contributed by atoms with van der Waals surface area (Å²) in [6, 6.07) is 6.84. The first-order valence-corrected chi connectivity index (χ1v) is 7.27. The third kappa shape index (κ3) is 3.50. The van der Waals surface area contributed by atoms with Gasteiger partial charge in [0, 0.05) is 0 Å². The summed E-state index contributed by atoms with van der Waals surface area (Å²) in [5.41, 5.74) is 0.128. The molecule has 0 bridgehead atoms. The van der Waals surface area contributed by atoms with Crippen LogP contribution in [0.15, 0.2) is 35.4 Å². The number of nitrogens with zero attached hydrogens (tertiary/aromatic N) is 2. The van der Waals surface area contributed by atoms with E-state index in [1.807, 2.05) is 0 Å². The highest BCUT2D eigenvalue weighted by Crippen LogP contribution is 2.20. The molecular weight excluding hydrogens is 416 g/mol. The molecule has 0 spiro atoms. The second kappa shape index (κ2) is 6.55. The molecule has 2 rings (SSSR count). The number of aromatic nitrogens is 2. The van der Waals surface area contributed by atoms with Crippen molar-refractivity contribution in [1.82, 2.24) is 9.55 Å². The van der Waals surface area contributed by atoms with Crippen LogP contribution in [0.2, 0.25) is 10.2 Å². The highest BCUT2D eigenvalue weighted by Gasteiger charge is 2.11. The fourth-order valence-electron chi connectivity index (χ4n) is 1.46. The zero-order valence-electron chi connectivity index (χ0n) is 9.94. The Kier molecular flexibility index (Phi) is 5.00. The first-order valence-electron chi connectivity index (χ1n) is 5.44. The van der Waals surface area contributed by atoms with Gasteiger partial charge in [-0.2, -0.15) is 0 Å². The van der Waals surface area contributed by atoms with Crippen LogP contribution in [0.1, 0.15) is 0 Å². The van der Waals surface area contributed by atoms with Gasteiger partial charge in [-0.1, -0.05) is 35.3 Å². The van der Waals surface area contributed by atoms with Crippen LogP contribution in [0, 0.1) is 3.57 Å². The topological polar surface area (TPSA) is 64.0 Å². The number of anilines is 1. The van der Waals surface area contributed by atoms with Gasteiger partial charge in [-0.05, 0) is 34.7 Å². The molecular formula is C12H8Cl2IN3O2. The van der Waals surface area contributed by atoms with Gasteiger partial charge >= 0.3 is 0 Å². The number of carbonyl (C=O) groups excluding carboxylic acids is 1. The third-order valence-corrected chi connectivity index (χ3v) is 4.31. The second-order valence-electron chi connectivity index (χ2n) is 3.81. The number of rotatable bonds is 3. The number of halogens is 3. The van der Waals surface area contributed by atoms with Crippen molar-refractivity contribution >= 4 is 57.4 Å². The molecule has 1 N–H and O–H groups in total. The lowest BCUT2D eigenvalue weighted by atomic mass is 10.3. The van der Waals surface area contributed by atoms with Gasteiger partial charge in [-0.15, -0.1) is 0 Å². The zero-order valence-corrected chi connectivity index (χ0v) is 13.6. The summed E-state index contributed by atoms with van der Waals surface area (Å²) in [5, 5.41) is 3.18. The highest BCUT2D eigenvalue weighted by atomic mass is 127. The molecule has 0 radical (unpaired) electrons. The molecule has 0 atom stereocenters. The summed E-state index contributed by atoms with van der Waals surface area (Å²) in [5.74, 6) is -0.375. The maximum Gasteiger partial charge on any atom is 0.268 e. The van der Waals surface area contributed by atoms with Gasteiger partial charge in [-0.25, -0.2) is 4.98 Å². The van der Waals surface area contributed by atoms with Crippen molar-refractivity contribution in [2.75, 3.05) is 5.32 Å². The summed E-state index contributed by atoms with van der Waals surface area (Å²) >= 11 is 13.4. The molecule has 0 fully saturated rings. The van der Waals surface area contributed by atoms with Gasteiger partial charge in [0.1, 0.15) is 15.3 Å². The van der Waals surface area contributed by atoms with E-state index in [1.54, 1.807) is 46.9 Å². The second-order valence-corrected chi connectivity index (χ2v) is 5.65. The molecule has 0 aliphatic rings. The Hall–Kier alpha value is -1.12. The van der Waals surface area contributed by atoms with Crippen LogP contribution in [0.4, 0.5) is 5.69 Å². The third-order valence-electron chi connectivity index (χ3n) is 2.40. The van der Waals surface area contributed by atoms with Crippen LogP contribution in [0.3, 0.4) is 0 Å². The minimum Gasteiger partial charge on any atom is -0.323 e. The molecule has 20 heavy (non-hydrogen) atoms. The fraction of sp³-hybridized carbons (Fsp3) is 0.0833. The van der Waals surface area contributed by atoms with Gasteiger partial charge in [0.05, 0.1) is 17.0 Å². The molecule has 1 heterocycles. The molecule has 0 saturated carbocycles. The van der Waals surface area contributed by atoms with Crippen molar-refractivity contribution in [2.24, 2.45) is 0 Å². The van der Waals surface area contributed by atoms with E-state index in [2.05, 4.69) is 10.3 Å². The largest absolute Gasteiger partial charge is 0.323 e. The van der Waals surface area contributed by atoms with E-state index in [-0.39, 0.29) is 26.7 Å². The predicted octanol–water partition coefficient (Wildman–Crippen LogP) is 2.79. The quantitative estimate of drug-likeness (QED) is 0.609. The minimum absolute atomic E-state index is 0.123. The molecule has 2 aromatic rings. The Morgan fingerprint density at radius 2 is 2.05 bits per heavy atom. The smallest absolute Gasteiger partial charge is 0.268 e. The van der Waals surface area contributed by atoms with Crippen molar-refractivity contribution in [3.8, 4) is 0 Å². The minimum atomic E-state index is -0.375. The maximum absolute atomic E-state index is 11.9. The van der Waals surface area contributed by atoms with Gasteiger partial charge in [0.2, 0.25) is 5.91 Å². The van der Waals surface area contributed by atoms with E-state index >= 15 is 0 Å². The van der Waals surface area contributed by atoms with E-state index in [9.17, 15) is 9.59 Å². The molecule has 8 heteroatoms. The molecule has 0 aliphatic heterocycles. The van der Waals surface area contributed by atoms with E-state index < -0.39 is 0 Å². The molecule has 1 aromatic heterocycles. The van der Waals surface area contributed by atoms with E-state index in [4.69, 9.17) is 23.2 Å². The Morgan fingerprint density at radius 1 is 1.35 bits per heavy atom. The van der Waals surface area contributed by atoms with Gasteiger partial charge < -0.3 is 5.32 Å². The van der Waals surface area contributed by atoms with Crippen LogP contribution in [0.5, 0.6) is 0 Å². The average Bonchev–Trinajstić information content (AvgIpc) is 2.42. The average molecular weight is 424 g/mol. The fourth-order valence-corrected chi connectivity index (χ4v) is 2.22. The standard InChI is InChI=1S/C12H8Cl2IN3O2/c13-7-3-1-2-4-8(7)17-9(19)5-18-6-16-11(14)10(15)12(18)20/h1-4,6H,5H2,(H,17,19). The maximum atomic E-state index is 11.9. The van der Waals surface area contributed by atoms with Crippen molar-refractivity contribution in [2.45, 2.75) is 6.54 Å². The Bertz CT molecular complexity index is 718. The Labute approximate surface area is 138 Å². The van der Waals surface area contributed by atoms with Gasteiger partial charge in [0.15, 0.2) is 0 Å². The number of amides is 1. The van der Waals surface area contributed by atoms with E-state index in [1.165, 1.54) is 10.9 Å². The first kappa shape index (κ1) is 15.3. The summed E-state index contributed by atoms with van der Waals surface area (Å²) in [4.78, 5) is 27.6. The molecule has 0 saturated heterocycles.